The molecular formula is C29H37N5O3S. The maximum atomic E-state index is 13.4. The number of carbonyl (C=O) groups is 1. The molecule has 3 aromatic carbocycles. The van der Waals surface area contributed by atoms with E-state index in [1.165, 1.54) is 4.31 Å². The van der Waals surface area contributed by atoms with Crippen LogP contribution in [0.4, 0.5) is 5.69 Å². The van der Waals surface area contributed by atoms with Crippen molar-refractivity contribution in [2.24, 2.45) is 4.99 Å². The molecule has 1 aliphatic rings. The van der Waals surface area contributed by atoms with E-state index >= 15 is 0 Å². The van der Waals surface area contributed by atoms with Gasteiger partial charge in [-0.25, -0.2) is 12.7 Å². The van der Waals surface area contributed by atoms with Crippen LogP contribution in [0.1, 0.15) is 24.0 Å². The van der Waals surface area contributed by atoms with Crippen molar-refractivity contribution >= 4 is 38.2 Å². The number of hydrogen-bond donors (Lipinski definition) is 1. The number of amidine groups is 1. The first-order valence-electron chi connectivity index (χ1n) is 13.0. The minimum Gasteiger partial charge on any atom is -0.377 e. The van der Waals surface area contributed by atoms with Gasteiger partial charge in [-0.05, 0) is 30.5 Å². The van der Waals surface area contributed by atoms with Gasteiger partial charge in [-0.3, -0.25) is 9.79 Å². The van der Waals surface area contributed by atoms with Crippen LogP contribution < -0.4 is 10.2 Å². The van der Waals surface area contributed by atoms with E-state index in [0.717, 1.165) is 47.5 Å². The van der Waals surface area contributed by atoms with Crippen LogP contribution in [0.5, 0.6) is 0 Å². The number of sulfonamides is 1. The molecule has 1 heterocycles. The van der Waals surface area contributed by atoms with E-state index < -0.39 is 10.0 Å². The Morgan fingerprint density at radius 1 is 0.921 bits per heavy atom. The Kier molecular flexibility index (Phi) is 8.69. The Hall–Kier alpha value is -3.43. The summed E-state index contributed by atoms with van der Waals surface area (Å²) in [5.41, 5.74) is 3.20. The minimum atomic E-state index is -3.71. The number of amides is 1. The molecule has 1 N–H and O–H groups in total. The molecule has 0 saturated carbocycles. The van der Waals surface area contributed by atoms with Crippen LogP contribution in [0.2, 0.25) is 0 Å². The number of likely N-dealkylation sites (N-methyl/N-ethyl adjacent to an activating group) is 1. The van der Waals surface area contributed by atoms with Crippen molar-refractivity contribution in [2.75, 3.05) is 59.3 Å². The van der Waals surface area contributed by atoms with Crippen molar-refractivity contribution in [3.8, 4) is 0 Å². The van der Waals surface area contributed by atoms with Crippen molar-refractivity contribution in [3.63, 3.8) is 0 Å². The van der Waals surface area contributed by atoms with Crippen molar-refractivity contribution in [1.29, 1.82) is 0 Å². The summed E-state index contributed by atoms with van der Waals surface area (Å²) in [5.74, 6) is 0.951. The summed E-state index contributed by atoms with van der Waals surface area (Å²) >= 11 is 0. The monoisotopic (exact) mass is 535 g/mol. The normalized spacial score (nSPS) is 13.4. The van der Waals surface area contributed by atoms with Crippen molar-refractivity contribution in [3.05, 3.63) is 71.8 Å². The fourth-order valence-electron chi connectivity index (χ4n) is 4.65. The number of fused-ring (bicyclic) bond motifs is 1. The second-order valence-electron chi connectivity index (χ2n) is 9.87. The second kappa shape index (κ2) is 12.0. The molecule has 3 aromatic rings. The lowest BCUT2D eigenvalue weighted by atomic mass is 10.1. The molecule has 0 atom stereocenters. The van der Waals surface area contributed by atoms with Crippen LogP contribution in [0.25, 0.3) is 10.8 Å². The molecule has 1 amide bonds. The van der Waals surface area contributed by atoms with Crippen LogP contribution in [-0.2, 0) is 21.2 Å². The zero-order valence-electron chi connectivity index (χ0n) is 22.6. The molecule has 0 aromatic heterocycles. The Balaban J connectivity index is 1.30. The molecule has 0 unspecified atom stereocenters. The standard InChI is InChI=1S/C29H37N5O3S/c1-32(2)26-10-5-9-25-24(26)8-6-11-27(25)38(36,37)34(4)20-7-12-28(35)33(3)21-17-22-13-15-23(16-14-22)29-30-18-19-31-29/h5-6,8-11,13-16H,7,12,17-21H2,1-4H3,(H,30,31). The lowest BCUT2D eigenvalue weighted by Crippen LogP contribution is -2.31. The summed E-state index contributed by atoms with van der Waals surface area (Å²) in [6.07, 6.45) is 1.50. The van der Waals surface area contributed by atoms with Gasteiger partial charge in [0.25, 0.3) is 0 Å². The van der Waals surface area contributed by atoms with E-state index in [0.29, 0.717) is 24.8 Å². The fraction of sp³-hybridized carbons (Fsp3) is 0.379. The van der Waals surface area contributed by atoms with E-state index in [1.807, 2.05) is 43.3 Å². The predicted octanol–water partition coefficient (Wildman–Crippen LogP) is 3.36. The maximum Gasteiger partial charge on any atom is 0.243 e. The van der Waals surface area contributed by atoms with Crippen LogP contribution in [0.3, 0.4) is 0 Å². The average Bonchev–Trinajstić information content (AvgIpc) is 3.46. The number of nitrogens with one attached hydrogen (secondary N) is 1. The van der Waals surface area contributed by atoms with Crippen molar-refractivity contribution in [2.45, 2.75) is 24.2 Å². The molecule has 0 saturated heterocycles. The molecule has 0 fully saturated rings. The zero-order chi connectivity index (χ0) is 27.3. The first kappa shape index (κ1) is 27.6. The molecule has 0 spiro atoms. The highest BCUT2D eigenvalue weighted by Crippen LogP contribution is 2.31. The smallest absolute Gasteiger partial charge is 0.243 e. The van der Waals surface area contributed by atoms with Crippen LogP contribution >= 0.6 is 0 Å². The largest absolute Gasteiger partial charge is 0.377 e. The first-order chi connectivity index (χ1) is 18.2. The molecule has 0 aliphatic carbocycles. The van der Waals surface area contributed by atoms with Gasteiger partial charge in [0.1, 0.15) is 5.84 Å². The quantitative estimate of drug-likeness (QED) is 0.407. The molecule has 202 valence electrons. The Bertz CT molecular complexity index is 1420. The molecule has 4 rings (SSSR count). The van der Waals surface area contributed by atoms with E-state index in [2.05, 4.69) is 34.6 Å². The SMILES string of the molecule is CN(CCc1ccc(C2=NCCN2)cc1)C(=O)CCCN(C)S(=O)(=O)c1cccc2c(N(C)C)cccc12. The maximum absolute atomic E-state index is 13.4. The van der Waals surface area contributed by atoms with Gasteiger partial charge in [-0.2, -0.15) is 0 Å². The van der Waals surface area contributed by atoms with Crippen LogP contribution in [0, 0.1) is 0 Å². The van der Waals surface area contributed by atoms with Gasteiger partial charge in [-0.15, -0.1) is 0 Å². The van der Waals surface area contributed by atoms with Gasteiger partial charge in [0.15, 0.2) is 0 Å². The van der Waals surface area contributed by atoms with Crippen LogP contribution in [0.15, 0.2) is 70.6 Å². The molecular weight excluding hydrogens is 498 g/mol. The highest BCUT2D eigenvalue weighted by atomic mass is 32.2. The van der Waals surface area contributed by atoms with E-state index in [9.17, 15) is 13.2 Å². The highest BCUT2D eigenvalue weighted by Gasteiger charge is 2.24. The third kappa shape index (κ3) is 6.16. The van der Waals surface area contributed by atoms with E-state index in [-0.39, 0.29) is 17.3 Å². The average molecular weight is 536 g/mol. The predicted molar refractivity (Wildman–Crippen MR) is 155 cm³/mol. The Morgan fingerprint density at radius 2 is 1.63 bits per heavy atom. The molecule has 0 bridgehead atoms. The van der Waals surface area contributed by atoms with Gasteiger partial charge in [-0.1, -0.05) is 48.5 Å². The summed E-state index contributed by atoms with van der Waals surface area (Å²) in [6, 6.07) is 19.3. The van der Waals surface area contributed by atoms with Gasteiger partial charge in [0.05, 0.1) is 11.4 Å². The topological polar surface area (TPSA) is 85.3 Å². The summed E-state index contributed by atoms with van der Waals surface area (Å²) in [5, 5.41) is 4.86. The van der Waals surface area contributed by atoms with Gasteiger partial charge < -0.3 is 15.1 Å². The molecule has 1 aliphatic heterocycles. The summed E-state index contributed by atoms with van der Waals surface area (Å²) in [4.78, 5) is 21.1. The number of hydrogen-bond acceptors (Lipinski definition) is 6. The fourth-order valence-corrected chi connectivity index (χ4v) is 6.07. The van der Waals surface area contributed by atoms with Gasteiger partial charge in [0.2, 0.25) is 15.9 Å². The van der Waals surface area contributed by atoms with Crippen molar-refractivity contribution in [1.82, 2.24) is 14.5 Å². The summed E-state index contributed by atoms with van der Waals surface area (Å²) in [7, 11) is 3.55. The highest BCUT2D eigenvalue weighted by molar-refractivity contribution is 7.89. The number of benzene rings is 3. The van der Waals surface area contributed by atoms with Gasteiger partial charge in [0, 0.05) is 76.3 Å². The lowest BCUT2D eigenvalue weighted by Gasteiger charge is -2.21. The third-order valence-corrected chi connectivity index (χ3v) is 8.87. The molecule has 9 heteroatoms. The van der Waals surface area contributed by atoms with E-state index in [1.54, 1.807) is 31.1 Å². The lowest BCUT2D eigenvalue weighted by molar-refractivity contribution is -0.130. The molecule has 38 heavy (non-hydrogen) atoms. The number of anilines is 1. The molecule has 8 nitrogen and oxygen atoms in total. The Morgan fingerprint density at radius 3 is 2.32 bits per heavy atom. The minimum absolute atomic E-state index is 0.0118. The van der Waals surface area contributed by atoms with Crippen LogP contribution in [-0.4, -0.2) is 83.7 Å². The molecule has 0 radical (unpaired) electrons. The summed E-state index contributed by atoms with van der Waals surface area (Å²) in [6.45, 7) is 2.57. The first-order valence-corrected chi connectivity index (χ1v) is 14.4. The number of rotatable bonds is 11. The number of aliphatic imine (C=N–C) groups is 1. The Labute approximate surface area is 226 Å². The summed E-state index contributed by atoms with van der Waals surface area (Å²) < 4.78 is 28.2. The number of carbonyl (C=O) groups excluding carboxylic acids is 1. The zero-order valence-corrected chi connectivity index (χ0v) is 23.5. The third-order valence-electron chi connectivity index (χ3n) is 6.96. The van der Waals surface area contributed by atoms with E-state index in [4.69, 9.17) is 0 Å². The second-order valence-corrected chi connectivity index (χ2v) is 11.9. The number of nitrogens with zero attached hydrogens (tertiary/aromatic N) is 4. The van der Waals surface area contributed by atoms with Crippen molar-refractivity contribution < 1.29 is 13.2 Å². The van der Waals surface area contributed by atoms with Gasteiger partial charge >= 0.3 is 0 Å².